The van der Waals surface area contributed by atoms with Crippen molar-refractivity contribution in [2.24, 2.45) is 5.73 Å². The molecule has 116 valence electrons. The summed E-state index contributed by atoms with van der Waals surface area (Å²) in [5.41, 5.74) is 10.5. The molecule has 1 aromatic heterocycles. The number of primary amides is 1. The maximum absolute atomic E-state index is 11.5. The number of aromatic nitrogens is 1. The van der Waals surface area contributed by atoms with E-state index < -0.39 is 17.6 Å². The van der Waals surface area contributed by atoms with Gasteiger partial charge in [0.2, 0.25) is 0 Å². The SMILES string of the molecule is CC(C)(C)OC(=O)NNc1ccc(C(N)=O)c(CCS)n1. The first-order valence-corrected chi connectivity index (χ1v) is 7.02. The van der Waals surface area contributed by atoms with E-state index >= 15 is 0 Å². The molecule has 0 bridgehead atoms. The topological polar surface area (TPSA) is 106 Å². The van der Waals surface area contributed by atoms with Crippen molar-refractivity contribution in [3.8, 4) is 0 Å². The number of carbonyl (C=O) groups is 2. The molecule has 1 aromatic rings. The molecule has 0 atom stereocenters. The lowest BCUT2D eigenvalue weighted by Gasteiger charge is -2.20. The number of hydrogen-bond acceptors (Lipinski definition) is 6. The second kappa shape index (κ2) is 7.16. The van der Waals surface area contributed by atoms with Crippen molar-refractivity contribution in [2.75, 3.05) is 11.2 Å². The molecular weight excluding hydrogens is 292 g/mol. The molecule has 0 radical (unpaired) electrons. The number of hydrogen-bond donors (Lipinski definition) is 4. The van der Waals surface area contributed by atoms with Crippen LogP contribution in [0.15, 0.2) is 12.1 Å². The van der Waals surface area contributed by atoms with E-state index in [9.17, 15) is 9.59 Å². The molecule has 2 amide bonds. The highest BCUT2D eigenvalue weighted by molar-refractivity contribution is 7.80. The number of hydrazine groups is 1. The van der Waals surface area contributed by atoms with Crippen LogP contribution in [0.5, 0.6) is 0 Å². The van der Waals surface area contributed by atoms with Gasteiger partial charge >= 0.3 is 6.09 Å². The molecular formula is C13H20N4O3S. The summed E-state index contributed by atoms with van der Waals surface area (Å²) in [6.45, 7) is 5.28. The number of anilines is 1. The highest BCUT2D eigenvalue weighted by atomic mass is 32.1. The van der Waals surface area contributed by atoms with Gasteiger partial charge in [-0.2, -0.15) is 12.6 Å². The quantitative estimate of drug-likeness (QED) is 0.487. The van der Waals surface area contributed by atoms with Gasteiger partial charge in [-0.25, -0.2) is 15.2 Å². The number of ether oxygens (including phenoxy) is 1. The van der Waals surface area contributed by atoms with Gasteiger partial charge in [-0.3, -0.25) is 10.2 Å². The van der Waals surface area contributed by atoms with Gasteiger partial charge in [0.1, 0.15) is 11.4 Å². The smallest absolute Gasteiger partial charge is 0.426 e. The summed E-state index contributed by atoms with van der Waals surface area (Å²) in [4.78, 5) is 27.0. The van der Waals surface area contributed by atoms with Crippen LogP contribution >= 0.6 is 12.6 Å². The first kappa shape index (κ1) is 17.1. The van der Waals surface area contributed by atoms with Gasteiger partial charge in [0.25, 0.3) is 5.91 Å². The molecule has 1 heterocycles. The summed E-state index contributed by atoms with van der Waals surface area (Å²) in [5.74, 6) is 0.351. The van der Waals surface area contributed by atoms with Crippen LogP contribution in [-0.4, -0.2) is 28.3 Å². The Balaban J connectivity index is 2.74. The summed E-state index contributed by atoms with van der Waals surface area (Å²) >= 11 is 4.11. The molecule has 0 unspecified atom stereocenters. The number of nitrogens with zero attached hydrogens (tertiary/aromatic N) is 1. The minimum atomic E-state index is -0.626. The normalized spacial score (nSPS) is 10.9. The number of carbonyl (C=O) groups excluding carboxylic acids is 2. The third kappa shape index (κ3) is 5.90. The highest BCUT2D eigenvalue weighted by Gasteiger charge is 2.16. The Kier molecular flexibility index (Phi) is 5.83. The van der Waals surface area contributed by atoms with Crippen LogP contribution in [-0.2, 0) is 11.2 Å². The molecule has 7 nitrogen and oxygen atoms in total. The Hall–Kier alpha value is -1.96. The summed E-state index contributed by atoms with van der Waals surface area (Å²) in [7, 11) is 0. The van der Waals surface area contributed by atoms with Gasteiger partial charge in [-0.15, -0.1) is 0 Å². The maximum atomic E-state index is 11.5. The number of rotatable bonds is 5. The highest BCUT2D eigenvalue weighted by Crippen LogP contribution is 2.12. The molecule has 0 saturated heterocycles. The molecule has 8 heteroatoms. The Morgan fingerprint density at radius 1 is 1.38 bits per heavy atom. The van der Waals surface area contributed by atoms with Crippen molar-refractivity contribution >= 4 is 30.4 Å². The van der Waals surface area contributed by atoms with Gasteiger partial charge in [-0.1, -0.05) is 0 Å². The first-order chi connectivity index (χ1) is 9.73. The predicted octanol–water partition coefficient (Wildman–Crippen LogP) is 1.50. The third-order valence-corrected chi connectivity index (χ3v) is 2.50. The lowest BCUT2D eigenvalue weighted by molar-refractivity contribution is 0.0540. The van der Waals surface area contributed by atoms with Gasteiger partial charge in [0.15, 0.2) is 0 Å². The van der Waals surface area contributed by atoms with Gasteiger partial charge in [-0.05, 0) is 45.1 Å². The molecule has 4 N–H and O–H groups in total. The molecule has 0 aliphatic carbocycles. The fourth-order valence-electron chi connectivity index (χ4n) is 1.51. The van der Waals surface area contributed by atoms with Gasteiger partial charge < -0.3 is 10.5 Å². The summed E-state index contributed by atoms with van der Waals surface area (Å²) < 4.78 is 5.07. The number of amides is 2. The minimum Gasteiger partial charge on any atom is -0.443 e. The Morgan fingerprint density at radius 3 is 2.57 bits per heavy atom. The van der Waals surface area contributed by atoms with Crippen molar-refractivity contribution < 1.29 is 14.3 Å². The van der Waals surface area contributed by atoms with Crippen molar-refractivity contribution in [3.63, 3.8) is 0 Å². The minimum absolute atomic E-state index is 0.340. The largest absolute Gasteiger partial charge is 0.443 e. The Bertz CT molecular complexity index is 529. The van der Waals surface area contributed by atoms with Crippen molar-refractivity contribution in [1.82, 2.24) is 10.4 Å². The Morgan fingerprint density at radius 2 is 2.05 bits per heavy atom. The van der Waals surface area contributed by atoms with Crippen LogP contribution < -0.4 is 16.6 Å². The van der Waals surface area contributed by atoms with Crippen LogP contribution in [0.3, 0.4) is 0 Å². The van der Waals surface area contributed by atoms with Crippen LogP contribution in [0.2, 0.25) is 0 Å². The molecule has 0 aromatic carbocycles. The third-order valence-electron chi connectivity index (χ3n) is 2.28. The zero-order chi connectivity index (χ0) is 16.0. The van der Waals surface area contributed by atoms with Crippen LogP contribution in [0.25, 0.3) is 0 Å². The van der Waals surface area contributed by atoms with Crippen LogP contribution in [0, 0.1) is 0 Å². The number of thiol groups is 1. The van der Waals surface area contributed by atoms with E-state index in [0.29, 0.717) is 29.2 Å². The number of aryl methyl sites for hydroxylation is 1. The Labute approximate surface area is 129 Å². The molecule has 0 fully saturated rings. The molecule has 0 spiro atoms. The maximum Gasteiger partial charge on any atom is 0.426 e. The van der Waals surface area contributed by atoms with Crippen LogP contribution in [0.1, 0.15) is 36.8 Å². The predicted molar refractivity (Wildman–Crippen MR) is 83.3 cm³/mol. The average molecular weight is 312 g/mol. The molecule has 0 saturated carbocycles. The molecule has 0 aliphatic heterocycles. The zero-order valence-electron chi connectivity index (χ0n) is 12.3. The van der Waals surface area contributed by atoms with E-state index in [0.717, 1.165) is 0 Å². The van der Waals surface area contributed by atoms with Gasteiger partial charge in [0.05, 0.1) is 11.3 Å². The summed E-state index contributed by atoms with van der Waals surface area (Å²) in [6, 6.07) is 3.09. The van der Waals surface area contributed by atoms with Crippen molar-refractivity contribution in [1.29, 1.82) is 0 Å². The van der Waals surface area contributed by atoms with Crippen LogP contribution in [0.4, 0.5) is 10.6 Å². The number of pyridine rings is 1. The summed E-state index contributed by atoms with van der Waals surface area (Å²) in [5, 5.41) is 0. The fraction of sp³-hybridized carbons (Fsp3) is 0.462. The number of nitrogens with two attached hydrogens (primary N) is 1. The monoisotopic (exact) mass is 312 g/mol. The van der Waals surface area contributed by atoms with E-state index in [2.05, 4.69) is 28.5 Å². The van der Waals surface area contributed by atoms with Crippen molar-refractivity contribution in [3.05, 3.63) is 23.4 Å². The van der Waals surface area contributed by atoms with E-state index in [-0.39, 0.29) is 0 Å². The first-order valence-electron chi connectivity index (χ1n) is 6.38. The average Bonchev–Trinajstić information content (AvgIpc) is 2.34. The molecule has 0 aliphatic rings. The number of nitrogens with one attached hydrogen (secondary N) is 2. The second-order valence-electron chi connectivity index (χ2n) is 5.28. The zero-order valence-corrected chi connectivity index (χ0v) is 13.2. The van der Waals surface area contributed by atoms with E-state index in [4.69, 9.17) is 10.5 Å². The lowest BCUT2D eigenvalue weighted by Crippen LogP contribution is -2.36. The fourth-order valence-corrected chi connectivity index (χ4v) is 1.72. The van der Waals surface area contributed by atoms with Gasteiger partial charge in [0, 0.05) is 0 Å². The molecule has 1 rings (SSSR count). The van der Waals surface area contributed by atoms with E-state index in [1.807, 2.05) is 0 Å². The standard InChI is InChI=1S/C13H20N4O3S/c1-13(2,3)20-12(19)17-16-10-5-4-8(11(14)18)9(15-10)6-7-21/h4-5,21H,6-7H2,1-3H3,(H2,14,18)(H,15,16)(H,17,19). The van der Waals surface area contributed by atoms with E-state index in [1.54, 1.807) is 32.9 Å². The van der Waals surface area contributed by atoms with E-state index in [1.165, 1.54) is 0 Å². The lowest BCUT2D eigenvalue weighted by atomic mass is 10.1. The molecule has 21 heavy (non-hydrogen) atoms. The second-order valence-corrected chi connectivity index (χ2v) is 5.73. The van der Waals surface area contributed by atoms with Crippen molar-refractivity contribution in [2.45, 2.75) is 32.8 Å². The summed E-state index contributed by atoms with van der Waals surface area (Å²) in [6.07, 6.45) is -0.136.